The maximum Gasteiger partial charge on any atom is 0.326 e. The van der Waals surface area contributed by atoms with Crippen LogP contribution in [0.3, 0.4) is 0 Å². The van der Waals surface area contributed by atoms with Crippen LogP contribution in [-0.4, -0.2) is 36.4 Å². The number of methoxy groups -OCH3 is 1. The normalized spacial score (nSPS) is 15.5. The summed E-state index contributed by atoms with van der Waals surface area (Å²) in [5.41, 5.74) is -0.981. The second kappa shape index (κ2) is 5.98. The van der Waals surface area contributed by atoms with Crippen molar-refractivity contribution < 1.29 is 14.6 Å². The molecule has 0 aliphatic carbocycles. The Hall–Kier alpha value is -0.610. The first-order valence-corrected chi connectivity index (χ1v) is 5.00. The van der Waals surface area contributed by atoms with E-state index in [4.69, 9.17) is 9.84 Å². The second-order valence-corrected chi connectivity index (χ2v) is 3.73. The Morgan fingerprint density at radius 1 is 1.50 bits per heavy atom. The fourth-order valence-corrected chi connectivity index (χ4v) is 1.40. The number of carboxylic acids is 1. The number of aliphatic carboxylic acids is 1. The van der Waals surface area contributed by atoms with Crippen molar-refractivity contribution in [1.82, 2.24) is 5.32 Å². The molecule has 0 fully saturated rings. The number of hydrogen-bond acceptors (Lipinski definition) is 3. The van der Waals surface area contributed by atoms with Gasteiger partial charge in [-0.1, -0.05) is 13.8 Å². The van der Waals surface area contributed by atoms with Gasteiger partial charge in [-0.15, -0.1) is 0 Å². The molecule has 4 heteroatoms. The Bertz CT molecular complexity index is 180. The van der Waals surface area contributed by atoms with E-state index in [1.807, 2.05) is 13.8 Å². The molecule has 0 amide bonds. The zero-order valence-corrected chi connectivity index (χ0v) is 9.46. The van der Waals surface area contributed by atoms with E-state index < -0.39 is 11.5 Å². The van der Waals surface area contributed by atoms with E-state index in [1.165, 1.54) is 7.11 Å². The number of carboxylic acid groups (broad SMARTS) is 1. The summed E-state index contributed by atoms with van der Waals surface area (Å²) in [4.78, 5) is 11.0. The van der Waals surface area contributed by atoms with E-state index in [0.29, 0.717) is 0 Å². The van der Waals surface area contributed by atoms with Gasteiger partial charge in [0.2, 0.25) is 0 Å². The van der Waals surface area contributed by atoms with Crippen LogP contribution in [0.1, 0.15) is 33.6 Å². The summed E-state index contributed by atoms with van der Waals surface area (Å²) < 4.78 is 4.91. The molecule has 0 heterocycles. The molecule has 0 bridgehead atoms. The van der Waals surface area contributed by atoms with Crippen LogP contribution >= 0.6 is 0 Å². The zero-order valence-electron chi connectivity index (χ0n) is 9.46. The molecule has 4 nitrogen and oxygen atoms in total. The van der Waals surface area contributed by atoms with Crippen LogP contribution in [0.2, 0.25) is 0 Å². The molecule has 0 aliphatic rings. The largest absolute Gasteiger partial charge is 0.480 e. The molecule has 0 aliphatic heterocycles. The summed E-state index contributed by atoms with van der Waals surface area (Å²) >= 11 is 0. The van der Waals surface area contributed by atoms with Crippen LogP contribution in [0, 0.1) is 0 Å². The first-order chi connectivity index (χ1) is 6.50. The lowest BCUT2D eigenvalue weighted by molar-refractivity contribution is -0.146. The average molecular weight is 203 g/mol. The van der Waals surface area contributed by atoms with Crippen molar-refractivity contribution in [1.29, 1.82) is 0 Å². The maximum absolute atomic E-state index is 11.0. The Labute approximate surface area is 85.6 Å². The summed E-state index contributed by atoms with van der Waals surface area (Å²) in [6.07, 6.45) is 1.84. The quantitative estimate of drug-likeness (QED) is 0.654. The van der Waals surface area contributed by atoms with Crippen molar-refractivity contribution in [2.75, 3.05) is 13.7 Å². The monoisotopic (exact) mass is 203 g/mol. The minimum Gasteiger partial charge on any atom is -0.480 e. The molecule has 84 valence electrons. The molecule has 0 saturated carbocycles. The highest BCUT2D eigenvalue weighted by Gasteiger charge is 2.34. The molecule has 0 aromatic heterocycles. The fraction of sp³-hybridized carbons (Fsp3) is 0.900. The first-order valence-electron chi connectivity index (χ1n) is 5.00. The first kappa shape index (κ1) is 13.4. The van der Waals surface area contributed by atoms with Crippen LogP contribution in [-0.2, 0) is 9.53 Å². The SMILES string of the molecule is CCC(CC)NC(C)(COC)C(=O)O. The topological polar surface area (TPSA) is 58.6 Å². The van der Waals surface area contributed by atoms with Gasteiger partial charge in [0, 0.05) is 13.2 Å². The third-order valence-corrected chi connectivity index (χ3v) is 2.41. The third-order valence-electron chi connectivity index (χ3n) is 2.41. The van der Waals surface area contributed by atoms with Crippen molar-refractivity contribution in [3.8, 4) is 0 Å². The molecule has 0 rings (SSSR count). The second-order valence-electron chi connectivity index (χ2n) is 3.73. The molecular weight excluding hydrogens is 182 g/mol. The van der Waals surface area contributed by atoms with Crippen molar-refractivity contribution in [3.05, 3.63) is 0 Å². The smallest absolute Gasteiger partial charge is 0.326 e. The Morgan fingerprint density at radius 3 is 2.29 bits per heavy atom. The van der Waals surface area contributed by atoms with Gasteiger partial charge >= 0.3 is 5.97 Å². The predicted octanol–water partition coefficient (Wildman–Crippen LogP) is 1.25. The molecule has 2 N–H and O–H groups in total. The molecule has 0 aromatic rings. The van der Waals surface area contributed by atoms with Crippen LogP contribution in [0.15, 0.2) is 0 Å². The molecule has 1 atom stereocenters. The number of nitrogens with one attached hydrogen (secondary N) is 1. The van der Waals surface area contributed by atoms with Gasteiger partial charge in [0.1, 0.15) is 5.54 Å². The Kier molecular flexibility index (Phi) is 5.72. The van der Waals surface area contributed by atoms with Crippen LogP contribution in [0.25, 0.3) is 0 Å². The maximum atomic E-state index is 11.0. The summed E-state index contributed by atoms with van der Waals surface area (Å²) in [6.45, 7) is 5.91. The fourth-order valence-electron chi connectivity index (χ4n) is 1.40. The van der Waals surface area contributed by atoms with Gasteiger partial charge in [0.15, 0.2) is 0 Å². The lowest BCUT2D eigenvalue weighted by Gasteiger charge is -2.30. The minimum absolute atomic E-state index is 0.179. The van der Waals surface area contributed by atoms with Gasteiger partial charge in [-0.3, -0.25) is 10.1 Å². The van der Waals surface area contributed by atoms with Crippen molar-refractivity contribution >= 4 is 5.97 Å². The average Bonchev–Trinajstić information content (AvgIpc) is 2.14. The molecule has 14 heavy (non-hydrogen) atoms. The van der Waals surface area contributed by atoms with Gasteiger partial charge in [-0.05, 0) is 19.8 Å². The van der Waals surface area contributed by atoms with Gasteiger partial charge < -0.3 is 9.84 Å². The molecule has 0 spiro atoms. The van der Waals surface area contributed by atoms with Gasteiger partial charge in [-0.25, -0.2) is 0 Å². The number of rotatable bonds is 7. The van der Waals surface area contributed by atoms with Crippen molar-refractivity contribution in [2.24, 2.45) is 0 Å². The zero-order chi connectivity index (χ0) is 11.2. The molecule has 1 unspecified atom stereocenters. The highest BCUT2D eigenvalue weighted by Crippen LogP contribution is 2.09. The van der Waals surface area contributed by atoms with Crippen molar-refractivity contribution in [2.45, 2.75) is 45.2 Å². The summed E-state index contributed by atoms with van der Waals surface area (Å²) in [7, 11) is 1.51. The highest BCUT2D eigenvalue weighted by atomic mass is 16.5. The van der Waals surface area contributed by atoms with Crippen LogP contribution in [0.4, 0.5) is 0 Å². The Balaban J connectivity index is 4.42. The highest BCUT2D eigenvalue weighted by molar-refractivity contribution is 5.78. The van der Waals surface area contributed by atoms with E-state index in [1.54, 1.807) is 6.92 Å². The third kappa shape index (κ3) is 3.64. The van der Waals surface area contributed by atoms with E-state index in [2.05, 4.69) is 5.32 Å². The molecular formula is C10H21NO3. The predicted molar refractivity (Wildman–Crippen MR) is 55.4 cm³/mol. The number of ether oxygens (including phenoxy) is 1. The van der Waals surface area contributed by atoms with Gasteiger partial charge in [0.05, 0.1) is 6.61 Å². The van der Waals surface area contributed by atoms with E-state index >= 15 is 0 Å². The minimum atomic E-state index is -0.981. The van der Waals surface area contributed by atoms with Crippen LogP contribution in [0.5, 0.6) is 0 Å². The van der Waals surface area contributed by atoms with Crippen LogP contribution < -0.4 is 5.32 Å². The number of hydrogen-bond donors (Lipinski definition) is 2. The molecule has 0 aromatic carbocycles. The van der Waals surface area contributed by atoms with E-state index in [-0.39, 0.29) is 12.6 Å². The molecule has 0 radical (unpaired) electrons. The lowest BCUT2D eigenvalue weighted by Crippen LogP contribution is -2.56. The standard InChI is InChI=1S/C10H21NO3/c1-5-8(6-2)11-10(3,7-14-4)9(12)13/h8,11H,5-7H2,1-4H3,(H,12,13). The molecule has 0 saturated heterocycles. The number of carbonyl (C=O) groups is 1. The summed E-state index contributed by atoms with van der Waals surface area (Å²) in [6, 6.07) is 0.228. The lowest BCUT2D eigenvalue weighted by atomic mass is 10.0. The van der Waals surface area contributed by atoms with Gasteiger partial charge in [-0.2, -0.15) is 0 Å². The Morgan fingerprint density at radius 2 is 2.00 bits per heavy atom. The van der Waals surface area contributed by atoms with Crippen molar-refractivity contribution in [3.63, 3.8) is 0 Å². The van der Waals surface area contributed by atoms with E-state index in [0.717, 1.165) is 12.8 Å². The summed E-state index contributed by atoms with van der Waals surface area (Å²) in [5.74, 6) is -0.869. The summed E-state index contributed by atoms with van der Waals surface area (Å²) in [5, 5.41) is 12.2. The van der Waals surface area contributed by atoms with E-state index in [9.17, 15) is 4.79 Å². The van der Waals surface area contributed by atoms with Gasteiger partial charge in [0.25, 0.3) is 0 Å².